The van der Waals surface area contributed by atoms with Gasteiger partial charge < -0.3 is 11.1 Å². The molecule has 0 aromatic rings. The maximum Gasteiger partial charge on any atom is 0.0188 e. The lowest BCUT2D eigenvalue weighted by Gasteiger charge is -2.16. The van der Waals surface area contributed by atoms with Crippen molar-refractivity contribution in [3.8, 4) is 0 Å². The quantitative estimate of drug-likeness (QED) is 0.500. The number of hydrogen-bond donors (Lipinski definition) is 3. The molecular formula is C6H16N2S. The Morgan fingerprint density at radius 3 is 2.44 bits per heavy atom. The summed E-state index contributed by atoms with van der Waals surface area (Å²) in [5.41, 5.74) is 5.59. The third-order valence-corrected chi connectivity index (χ3v) is 1.59. The molecule has 0 spiro atoms. The van der Waals surface area contributed by atoms with E-state index in [1.54, 1.807) is 0 Å². The summed E-state index contributed by atoms with van der Waals surface area (Å²) in [6.07, 6.45) is 0. The van der Waals surface area contributed by atoms with Gasteiger partial charge in [0.1, 0.15) is 0 Å². The van der Waals surface area contributed by atoms with Gasteiger partial charge in [0, 0.05) is 24.4 Å². The van der Waals surface area contributed by atoms with E-state index < -0.39 is 0 Å². The molecule has 0 heterocycles. The summed E-state index contributed by atoms with van der Waals surface area (Å²) in [6, 6.07) is 0.627. The van der Waals surface area contributed by atoms with Gasteiger partial charge in [-0.3, -0.25) is 0 Å². The molecule has 0 aromatic carbocycles. The Balaban J connectivity index is 3.16. The summed E-state index contributed by atoms with van der Waals surface area (Å²) >= 11 is 4.06. The molecule has 56 valence electrons. The van der Waals surface area contributed by atoms with Crippen LogP contribution in [0, 0.1) is 0 Å². The minimum absolute atomic E-state index is 0.227. The first-order valence-corrected chi connectivity index (χ1v) is 3.91. The average molecular weight is 148 g/mol. The zero-order valence-electron chi connectivity index (χ0n) is 6.09. The van der Waals surface area contributed by atoms with Crippen molar-refractivity contribution < 1.29 is 0 Å². The Hall–Kier alpha value is 0.270. The van der Waals surface area contributed by atoms with Crippen molar-refractivity contribution in [1.82, 2.24) is 5.32 Å². The zero-order chi connectivity index (χ0) is 7.28. The van der Waals surface area contributed by atoms with Gasteiger partial charge in [0.2, 0.25) is 0 Å². The molecule has 0 radical (unpaired) electrons. The SMILES string of the molecule is CC(N)C(C)NCCS. The minimum Gasteiger partial charge on any atom is -0.327 e. The number of rotatable bonds is 4. The summed E-state index contributed by atoms with van der Waals surface area (Å²) in [7, 11) is 0. The van der Waals surface area contributed by atoms with Gasteiger partial charge in [0.05, 0.1) is 0 Å². The van der Waals surface area contributed by atoms with Gasteiger partial charge >= 0.3 is 0 Å². The summed E-state index contributed by atoms with van der Waals surface area (Å²) in [4.78, 5) is 0. The van der Waals surface area contributed by atoms with Crippen LogP contribution in [0.1, 0.15) is 13.8 Å². The molecule has 0 saturated heterocycles. The van der Waals surface area contributed by atoms with Crippen LogP contribution in [0.3, 0.4) is 0 Å². The van der Waals surface area contributed by atoms with Gasteiger partial charge in [0.15, 0.2) is 0 Å². The fourth-order valence-corrected chi connectivity index (χ4v) is 0.607. The molecule has 2 atom stereocenters. The van der Waals surface area contributed by atoms with Crippen LogP contribution in [-0.2, 0) is 0 Å². The smallest absolute Gasteiger partial charge is 0.0188 e. The highest BCUT2D eigenvalue weighted by Crippen LogP contribution is 1.85. The predicted octanol–water partition coefficient (Wildman–Crippen LogP) is 0.241. The van der Waals surface area contributed by atoms with E-state index in [0.717, 1.165) is 12.3 Å². The van der Waals surface area contributed by atoms with E-state index in [9.17, 15) is 0 Å². The van der Waals surface area contributed by atoms with Crippen LogP contribution in [0.2, 0.25) is 0 Å². The lowest BCUT2D eigenvalue weighted by Crippen LogP contribution is -2.41. The van der Waals surface area contributed by atoms with Crippen molar-refractivity contribution in [1.29, 1.82) is 0 Å². The van der Waals surface area contributed by atoms with E-state index in [1.807, 2.05) is 6.92 Å². The lowest BCUT2D eigenvalue weighted by molar-refractivity contribution is 0.493. The number of hydrogen-bond acceptors (Lipinski definition) is 3. The topological polar surface area (TPSA) is 38.0 Å². The second-order valence-electron chi connectivity index (χ2n) is 2.33. The first-order valence-electron chi connectivity index (χ1n) is 3.28. The second-order valence-corrected chi connectivity index (χ2v) is 2.77. The van der Waals surface area contributed by atoms with Crippen molar-refractivity contribution in [3.05, 3.63) is 0 Å². The molecule has 0 bridgehead atoms. The van der Waals surface area contributed by atoms with Crippen LogP contribution in [0.4, 0.5) is 0 Å². The summed E-state index contributed by atoms with van der Waals surface area (Å²) in [5.74, 6) is 0.872. The Morgan fingerprint density at radius 1 is 1.56 bits per heavy atom. The number of thiol groups is 1. The van der Waals surface area contributed by atoms with Crippen molar-refractivity contribution in [3.63, 3.8) is 0 Å². The zero-order valence-corrected chi connectivity index (χ0v) is 6.99. The highest BCUT2D eigenvalue weighted by molar-refractivity contribution is 7.80. The summed E-state index contributed by atoms with van der Waals surface area (Å²) in [5, 5.41) is 3.23. The summed E-state index contributed by atoms with van der Waals surface area (Å²) in [6.45, 7) is 5.01. The molecule has 0 fully saturated rings. The molecule has 0 rings (SSSR count). The largest absolute Gasteiger partial charge is 0.327 e. The molecule has 0 aliphatic heterocycles. The van der Waals surface area contributed by atoms with Crippen LogP contribution in [0.15, 0.2) is 0 Å². The molecular weight excluding hydrogens is 132 g/mol. The monoisotopic (exact) mass is 148 g/mol. The first-order chi connectivity index (χ1) is 4.18. The molecule has 0 saturated carbocycles. The lowest BCUT2D eigenvalue weighted by atomic mass is 10.2. The normalized spacial score (nSPS) is 17.3. The molecule has 3 heteroatoms. The standard InChI is InChI=1S/C6H16N2S/c1-5(7)6(2)8-3-4-9/h5-6,8-9H,3-4,7H2,1-2H3. The third-order valence-electron chi connectivity index (χ3n) is 1.37. The van der Waals surface area contributed by atoms with Crippen LogP contribution in [-0.4, -0.2) is 24.4 Å². The molecule has 2 nitrogen and oxygen atoms in total. The fraction of sp³-hybridized carbons (Fsp3) is 1.00. The van der Waals surface area contributed by atoms with E-state index in [4.69, 9.17) is 5.73 Å². The Labute approximate surface area is 62.6 Å². The first kappa shape index (κ1) is 9.27. The maximum atomic E-state index is 5.59. The van der Waals surface area contributed by atoms with Crippen molar-refractivity contribution in [2.45, 2.75) is 25.9 Å². The molecule has 0 aromatic heterocycles. The van der Waals surface area contributed by atoms with E-state index in [-0.39, 0.29) is 6.04 Å². The van der Waals surface area contributed by atoms with Crippen LogP contribution >= 0.6 is 12.6 Å². The van der Waals surface area contributed by atoms with Gasteiger partial charge in [-0.15, -0.1) is 0 Å². The Kier molecular flexibility index (Phi) is 5.24. The molecule has 0 aliphatic rings. The van der Waals surface area contributed by atoms with Crippen LogP contribution in [0.5, 0.6) is 0 Å². The number of nitrogens with two attached hydrogens (primary N) is 1. The van der Waals surface area contributed by atoms with Gasteiger partial charge in [-0.25, -0.2) is 0 Å². The van der Waals surface area contributed by atoms with E-state index in [2.05, 4.69) is 24.9 Å². The van der Waals surface area contributed by atoms with E-state index >= 15 is 0 Å². The highest BCUT2D eigenvalue weighted by atomic mass is 32.1. The molecule has 0 amide bonds. The van der Waals surface area contributed by atoms with Gasteiger partial charge in [-0.1, -0.05) is 0 Å². The van der Waals surface area contributed by atoms with Crippen molar-refractivity contribution >= 4 is 12.6 Å². The maximum absolute atomic E-state index is 5.59. The van der Waals surface area contributed by atoms with Crippen LogP contribution in [0.25, 0.3) is 0 Å². The van der Waals surface area contributed by atoms with E-state index in [0.29, 0.717) is 6.04 Å². The highest BCUT2D eigenvalue weighted by Gasteiger charge is 2.03. The number of nitrogens with one attached hydrogen (secondary N) is 1. The van der Waals surface area contributed by atoms with Crippen LogP contribution < -0.4 is 11.1 Å². The third kappa shape index (κ3) is 4.75. The van der Waals surface area contributed by atoms with Crippen molar-refractivity contribution in [2.75, 3.05) is 12.3 Å². The van der Waals surface area contributed by atoms with E-state index in [1.165, 1.54) is 0 Å². The fourth-order valence-electron chi connectivity index (χ4n) is 0.478. The van der Waals surface area contributed by atoms with Gasteiger partial charge in [-0.2, -0.15) is 12.6 Å². The average Bonchev–Trinajstić information content (AvgIpc) is 1.82. The van der Waals surface area contributed by atoms with Crippen molar-refractivity contribution in [2.24, 2.45) is 5.73 Å². The predicted molar refractivity (Wildman–Crippen MR) is 45.0 cm³/mol. The van der Waals surface area contributed by atoms with Gasteiger partial charge in [0.25, 0.3) is 0 Å². The van der Waals surface area contributed by atoms with Gasteiger partial charge in [-0.05, 0) is 13.8 Å². The molecule has 9 heavy (non-hydrogen) atoms. The minimum atomic E-state index is 0.227. The summed E-state index contributed by atoms with van der Waals surface area (Å²) < 4.78 is 0. The molecule has 2 unspecified atom stereocenters. The molecule has 0 aliphatic carbocycles. The Morgan fingerprint density at radius 2 is 2.11 bits per heavy atom. The second kappa shape index (κ2) is 5.09. The molecule has 3 N–H and O–H groups in total. The Bertz CT molecular complexity index is 66.1.